The minimum atomic E-state index is -2.09. The number of unbranched alkanes of at least 4 members (excludes halogenated alkanes) is 3. The van der Waals surface area contributed by atoms with Gasteiger partial charge in [-0.05, 0) is 71.0 Å². The van der Waals surface area contributed by atoms with Crippen LogP contribution in [0.25, 0.3) is 0 Å². The number of hydrogen-bond donors (Lipinski definition) is 1. The maximum Gasteiger partial charge on any atom is 0.303 e. The Balaban J connectivity index is 3.21. The zero-order valence-electron chi connectivity index (χ0n) is 25.0. The van der Waals surface area contributed by atoms with Gasteiger partial charge in [-0.1, -0.05) is 64.8 Å². The summed E-state index contributed by atoms with van der Waals surface area (Å²) in [5, 5.41) is 9.19. The first kappa shape index (κ1) is 33.7. The fourth-order valence-corrected chi connectivity index (χ4v) is 5.65. The highest BCUT2D eigenvalue weighted by Crippen LogP contribution is 2.38. The summed E-state index contributed by atoms with van der Waals surface area (Å²) in [4.78, 5) is 24.0. The van der Waals surface area contributed by atoms with E-state index < -0.39 is 20.1 Å². The third kappa shape index (κ3) is 12.4. The molecule has 1 fully saturated rings. The Bertz CT molecular complexity index is 765. The standard InChI is InChI=1S/C30H54O6Si/c1-10-11-12-13-14-15-18-25(23(2)31)26(27-22-34-30(6,7)35-27)21-20-24(17-16-19-28(32)33)36-37(8,9)29(3,4)5/h14-15,20-21,24-27H,10-13,16-19,22H2,1-9H3,(H,32,33)/b15-14-,21-20+/t24?,25-,26+,27-/m1/s1. The van der Waals surface area contributed by atoms with Gasteiger partial charge in [0.1, 0.15) is 5.78 Å². The van der Waals surface area contributed by atoms with Crippen molar-refractivity contribution in [1.29, 1.82) is 0 Å². The second-order valence-electron chi connectivity index (χ2n) is 12.5. The summed E-state index contributed by atoms with van der Waals surface area (Å²) in [5.74, 6) is -1.74. The van der Waals surface area contributed by atoms with Gasteiger partial charge in [0.2, 0.25) is 0 Å². The van der Waals surface area contributed by atoms with Crippen LogP contribution in [0.5, 0.6) is 0 Å². The lowest BCUT2D eigenvalue weighted by molar-refractivity contribution is -0.147. The average Bonchev–Trinajstić information content (AvgIpc) is 3.12. The van der Waals surface area contributed by atoms with Crippen molar-refractivity contribution in [2.75, 3.05) is 6.61 Å². The van der Waals surface area contributed by atoms with E-state index in [2.05, 4.69) is 65.1 Å². The smallest absolute Gasteiger partial charge is 0.303 e. The molecule has 1 rings (SSSR count). The number of ether oxygens (including phenoxy) is 2. The summed E-state index contributed by atoms with van der Waals surface area (Å²) < 4.78 is 18.8. The van der Waals surface area contributed by atoms with Crippen LogP contribution in [0.15, 0.2) is 24.3 Å². The van der Waals surface area contributed by atoms with Crippen LogP contribution in [0.1, 0.15) is 99.8 Å². The minimum absolute atomic E-state index is 0.0300. The van der Waals surface area contributed by atoms with Crippen molar-refractivity contribution in [2.24, 2.45) is 11.8 Å². The van der Waals surface area contributed by atoms with E-state index in [1.165, 1.54) is 12.8 Å². The lowest BCUT2D eigenvalue weighted by Crippen LogP contribution is -2.43. The van der Waals surface area contributed by atoms with E-state index in [1.807, 2.05) is 13.8 Å². The van der Waals surface area contributed by atoms with Crippen molar-refractivity contribution in [2.45, 2.75) is 136 Å². The largest absolute Gasteiger partial charge is 0.481 e. The molecule has 0 aromatic rings. The quantitative estimate of drug-likeness (QED) is 0.116. The number of rotatable bonds is 17. The second kappa shape index (κ2) is 15.3. The van der Waals surface area contributed by atoms with E-state index in [9.17, 15) is 9.59 Å². The van der Waals surface area contributed by atoms with E-state index in [4.69, 9.17) is 19.0 Å². The lowest BCUT2D eigenvalue weighted by atomic mass is 9.82. The summed E-state index contributed by atoms with van der Waals surface area (Å²) in [7, 11) is -2.09. The van der Waals surface area contributed by atoms with Crippen LogP contribution in [-0.4, -0.2) is 49.8 Å². The predicted octanol–water partition coefficient (Wildman–Crippen LogP) is 7.69. The van der Waals surface area contributed by atoms with Crippen LogP contribution in [0, 0.1) is 11.8 Å². The van der Waals surface area contributed by atoms with Gasteiger partial charge in [-0.2, -0.15) is 0 Å². The van der Waals surface area contributed by atoms with E-state index in [-0.39, 0.29) is 41.3 Å². The van der Waals surface area contributed by atoms with Crippen LogP contribution in [0.4, 0.5) is 0 Å². The molecule has 0 radical (unpaired) electrons. The Labute approximate surface area is 227 Å². The van der Waals surface area contributed by atoms with Gasteiger partial charge in [-0.15, -0.1) is 0 Å². The first-order chi connectivity index (χ1) is 17.1. The average molecular weight is 539 g/mol. The van der Waals surface area contributed by atoms with E-state index in [0.717, 1.165) is 12.8 Å². The second-order valence-corrected chi connectivity index (χ2v) is 17.2. The highest BCUT2D eigenvalue weighted by molar-refractivity contribution is 6.74. The fraction of sp³-hybridized carbons (Fsp3) is 0.800. The Morgan fingerprint density at radius 3 is 2.32 bits per heavy atom. The summed E-state index contributed by atoms with van der Waals surface area (Å²) in [6, 6.07) is 0. The van der Waals surface area contributed by atoms with Crippen molar-refractivity contribution in [3.05, 3.63) is 24.3 Å². The van der Waals surface area contributed by atoms with Gasteiger partial charge < -0.3 is 19.0 Å². The number of carboxylic acids is 1. The molecule has 1 unspecified atom stereocenters. The van der Waals surface area contributed by atoms with Gasteiger partial charge in [0.25, 0.3) is 0 Å². The SMILES string of the molecule is CCCCC/C=C\C[C@H](C(C)=O)[C@H](/C=C/C(CCCC(=O)O)O[Si](C)(C)C(C)(C)C)[C@H]1COC(C)(C)O1. The van der Waals surface area contributed by atoms with Crippen molar-refractivity contribution < 1.29 is 28.6 Å². The Kier molecular flexibility index (Phi) is 14.0. The monoisotopic (exact) mass is 538 g/mol. The number of allylic oxidation sites excluding steroid dienone is 2. The van der Waals surface area contributed by atoms with Gasteiger partial charge in [0, 0.05) is 18.3 Å². The maximum absolute atomic E-state index is 12.9. The summed E-state index contributed by atoms with van der Waals surface area (Å²) >= 11 is 0. The number of hydrogen-bond acceptors (Lipinski definition) is 5. The molecule has 1 aliphatic rings. The van der Waals surface area contributed by atoms with Gasteiger partial charge in [-0.3, -0.25) is 9.59 Å². The van der Waals surface area contributed by atoms with Crippen LogP contribution in [0.3, 0.4) is 0 Å². The number of carboxylic acid groups (broad SMARTS) is 1. The molecule has 6 nitrogen and oxygen atoms in total. The third-order valence-corrected chi connectivity index (χ3v) is 12.2. The molecule has 1 heterocycles. The van der Waals surface area contributed by atoms with E-state index in [0.29, 0.717) is 25.9 Å². The van der Waals surface area contributed by atoms with Crippen molar-refractivity contribution in [3.63, 3.8) is 0 Å². The van der Waals surface area contributed by atoms with E-state index in [1.54, 1.807) is 6.92 Å². The Morgan fingerprint density at radius 2 is 1.81 bits per heavy atom. The Morgan fingerprint density at radius 1 is 1.14 bits per heavy atom. The number of aliphatic carboxylic acids is 1. The molecule has 7 heteroatoms. The molecule has 1 saturated heterocycles. The first-order valence-corrected chi connectivity index (χ1v) is 17.1. The van der Waals surface area contributed by atoms with Crippen molar-refractivity contribution in [1.82, 2.24) is 0 Å². The Hall–Kier alpha value is -1.28. The normalized spacial score (nSPS) is 20.9. The van der Waals surface area contributed by atoms with Gasteiger partial charge in [0.05, 0.1) is 18.8 Å². The molecule has 0 aliphatic carbocycles. The molecule has 1 aliphatic heterocycles. The molecule has 4 atom stereocenters. The summed E-state index contributed by atoms with van der Waals surface area (Å²) in [5.41, 5.74) is 0. The molecule has 0 bridgehead atoms. The zero-order valence-corrected chi connectivity index (χ0v) is 26.0. The predicted molar refractivity (Wildman–Crippen MR) is 153 cm³/mol. The molecular formula is C30H54O6Si. The lowest BCUT2D eigenvalue weighted by Gasteiger charge is -2.39. The fourth-order valence-electron chi connectivity index (χ4n) is 4.35. The molecule has 37 heavy (non-hydrogen) atoms. The molecule has 0 saturated carbocycles. The molecule has 0 aromatic carbocycles. The molecule has 1 N–H and O–H groups in total. The van der Waals surface area contributed by atoms with Gasteiger partial charge >= 0.3 is 5.97 Å². The van der Waals surface area contributed by atoms with Crippen LogP contribution < -0.4 is 0 Å². The number of carbonyl (C=O) groups excluding carboxylic acids is 1. The molecule has 214 valence electrons. The number of ketones is 1. The van der Waals surface area contributed by atoms with Crippen LogP contribution >= 0.6 is 0 Å². The maximum atomic E-state index is 12.9. The first-order valence-electron chi connectivity index (χ1n) is 14.1. The summed E-state index contributed by atoms with van der Waals surface area (Å²) in [6.45, 7) is 19.1. The highest BCUT2D eigenvalue weighted by Gasteiger charge is 2.41. The topological polar surface area (TPSA) is 82.1 Å². The zero-order chi connectivity index (χ0) is 28.3. The van der Waals surface area contributed by atoms with Gasteiger partial charge in [0.15, 0.2) is 14.1 Å². The number of Topliss-reactive ketones (excluding diaryl/α,β-unsaturated/α-hetero) is 1. The molecule has 0 amide bonds. The van der Waals surface area contributed by atoms with E-state index >= 15 is 0 Å². The van der Waals surface area contributed by atoms with Crippen LogP contribution in [-0.2, 0) is 23.5 Å². The van der Waals surface area contributed by atoms with Crippen molar-refractivity contribution >= 4 is 20.1 Å². The molecule has 0 spiro atoms. The van der Waals surface area contributed by atoms with Gasteiger partial charge in [-0.25, -0.2) is 0 Å². The summed E-state index contributed by atoms with van der Waals surface area (Å²) in [6.07, 6.45) is 14.6. The third-order valence-electron chi connectivity index (χ3n) is 7.66. The minimum Gasteiger partial charge on any atom is -0.481 e. The van der Waals surface area contributed by atoms with Crippen molar-refractivity contribution in [3.8, 4) is 0 Å². The number of carbonyl (C=O) groups is 2. The van der Waals surface area contributed by atoms with Crippen LogP contribution in [0.2, 0.25) is 18.1 Å². The molecular weight excluding hydrogens is 484 g/mol. The molecule has 0 aromatic heterocycles. The highest BCUT2D eigenvalue weighted by atomic mass is 28.4.